The molecule has 0 amide bonds. The molecule has 2 saturated heterocycles. The lowest BCUT2D eigenvalue weighted by atomic mass is 9.95. The van der Waals surface area contributed by atoms with Gasteiger partial charge in [-0.2, -0.15) is 10.4 Å². The third-order valence-electron chi connectivity index (χ3n) is 7.87. The molecule has 0 aromatic carbocycles. The molecule has 176 valence electrons. The number of aromatic nitrogens is 2. The molecule has 8 heteroatoms. The number of piperidine rings is 1. The Labute approximate surface area is 200 Å². The number of likely N-dealkylation sites (tertiary alicyclic amines) is 1. The van der Waals surface area contributed by atoms with E-state index in [2.05, 4.69) is 51.0 Å². The Morgan fingerprint density at radius 1 is 1.18 bits per heavy atom. The summed E-state index contributed by atoms with van der Waals surface area (Å²) < 4.78 is 7.29. The van der Waals surface area contributed by atoms with Crippen LogP contribution >= 0.6 is 0 Å². The molecular formula is C26H31N7O. The Morgan fingerprint density at radius 3 is 2.85 bits per heavy atom. The summed E-state index contributed by atoms with van der Waals surface area (Å²) in [5.41, 5.74) is 14.7. The van der Waals surface area contributed by atoms with Crippen molar-refractivity contribution in [2.24, 2.45) is 5.73 Å². The number of anilines is 1. The Bertz CT molecular complexity index is 1270. The van der Waals surface area contributed by atoms with Crippen molar-refractivity contribution in [3.05, 3.63) is 64.8 Å². The number of nitrogens with zero attached hydrogens (tertiary/aromatic N) is 6. The molecule has 0 unspecified atom stereocenters. The lowest BCUT2D eigenvalue weighted by Gasteiger charge is -2.42. The SMILES string of the molecule is CO[C@H]1CCN(C2=CCC3=C4CN(c5ccc(C#N)n6nccc56)C[C@@H](C)N4CC3=C2)C[C@H]1N. The van der Waals surface area contributed by atoms with Gasteiger partial charge in [0.15, 0.2) is 0 Å². The second kappa shape index (κ2) is 8.19. The molecule has 0 radical (unpaired) electrons. The fourth-order valence-corrected chi connectivity index (χ4v) is 6.08. The number of pyridine rings is 1. The van der Waals surface area contributed by atoms with E-state index >= 15 is 0 Å². The van der Waals surface area contributed by atoms with E-state index in [0.717, 1.165) is 56.8 Å². The highest BCUT2D eigenvalue weighted by molar-refractivity contribution is 5.74. The smallest absolute Gasteiger partial charge is 0.142 e. The number of allylic oxidation sites excluding steroid dienone is 2. The summed E-state index contributed by atoms with van der Waals surface area (Å²) in [7, 11) is 1.76. The molecule has 6 rings (SSSR count). The van der Waals surface area contributed by atoms with Crippen molar-refractivity contribution in [1.82, 2.24) is 19.4 Å². The van der Waals surface area contributed by atoms with Gasteiger partial charge < -0.3 is 25.2 Å². The van der Waals surface area contributed by atoms with Gasteiger partial charge in [0, 0.05) is 56.8 Å². The molecule has 3 atom stereocenters. The van der Waals surface area contributed by atoms with Crippen molar-refractivity contribution in [3.8, 4) is 6.07 Å². The molecule has 0 spiro atoms. The van der Waals surface area contributed by atoms with Crippen molar-refractivity contribution in [2.75, 3.05) is 44.7 Å². The summed E-state index contributed by atoms with van der Waals surface area (Å²) >= 11 is 0. The fraction of sp³-hybridized carbons (Fsp3) is 0.462. The second-order valence-corrected chi connectivity index (χ2v) is 9.80. The average molecular weight is 458 g/mol. The minimum atomic E-state index is 0.0501. The van der Waals surface area contributed by atoms with Gasteiger partial charge in [-0.15, -0.1) is 0 Å². The average Bonchev–Trinajstić information content (AvgIpc) is 3.48. The Balaban J connectivity index is 1.27. The van der Waals surface area contributed by atoms with Crippen LogP contribution < -0.4 is 10.6 Å². The van der Waals surface area contributed by atoms with Crippen molar-refractivity contribution in [2.45, 2.75) is 38.0 Å². The number of rotatable bonds is 3. The number of ether oxygens (including phenoxy) is 1. The largest absolute Gasteiger partial charge is 0.380 e. The molecule has 2 aromatic heterocycles. The first-order valence-corrected chi connectivity index (χ1v) is 12.1. The highest BCUT2D eigenvalue weighted by atomic mass is 16.5. The van der Waals surface area contributed by atoms with Crippen LogP contribution in [0.3, 0.4) is 0 Å². The zero-order valence-corrected chi connectivity index (χ0v) is 19.8. The number of fused-ring (bicyclic) bond motifs is 3. The highest BCUT2D eigenvalue weighted by Crippen LogP contribution is 2.40. The number of methoxy groups -OCH3 is 1. The minimum absolute atomic E-state index is 0.0501. The quantitative estimate of drug-likeness (QED) is 0.757. The van der Waals surface area contributed by atoms with E-state index in [4.69, 9.17) is 10.5 Å². The highest BCUT2D eigenvalue weighted by Gasteiger charge is 2.37. The van der Waals surface area contributed by atoms with Gasteiger partial charge in [0.25, 0.3) is 0 Å². The first-order chi connectivity index (χ1) is 16.6. The van der Waals surface area contributed by atoms with Crippen LogP contribution in [0.2, 0.25) is 0 Å². The van der Waals surface area contributed by atoms with Crippen molar-refractivity contribution in [3.63, 3.8) is 0 Å². The molecule has 4 aliphatic rings. The van der Waals surface area contributed by atoms with Gasteiger partial charge in [0.05, 0.1) is 30.0 Å². The first kappa shape index (κ1) is 21.3. The first-order valence-electron chi connectivity index (χ1n) is 12.1. The van der Waals surface area contributed by atoms with Gasteiger partial charge in [-0.05, 0) is 55.2 Å². The van der Waals surface area contributed by atoms with E-state index in [9.17, 15) is 5.26 Å². The van der Waals surface area contributed by atoms with E-state index in [-0.39, 0.29) is 12.1 Å². The standard InChI is InChI=1S/C26H31N7O/c1-17-13-31(23-6-4-20(12-27)33-24(23)7-9-29-33)16-25-21-5-3-19(11-18(21)14-32(17)25)30-10-8-26(34-2)22(28)15-30/h3-4,6-7,9,11,17,22,26H,5,8,10,13-16,28H2,1-2H3/t17-,22-,26+/m1/s1. The summed E-state index contributed by atoms with van der Waals surface area (Å²) in [6, 6.07) is 8.63. The Hall–Kier alpha value is -3.28. The molecule has 3 aliphatic heterocycles. The number of piperazine rings is 1. The normalized spacial score (nSPS) is 26.9. The van der Waals surface area contributed by atoms with Crippen LogP contribution in [0.25, 0.3) is 5.52 Å². The van der Waals surface area contributed by atoms with Gasteiger partial charge >= 0.3 is 0 Å². The number of nitriles is 1. The van der Waals surface area contributed by atoms with Gasteiger partial charge in [0.1, 0.15) is 11.8 Å². The predicted octanol–water partition coefficient (Wildman–Crippen LogP) is 2.25. The van der Waals surface area contributed by atoms with Crippen LogP contribution in [0, 0.1) is 11.3 Å². The van der Waals surface area contributed by atoms with Gasteiger partial charge in [-0.3, -0.25) is 0 Å². The monoisotopic (exact) mass is 457 g/mol. The molecular weight excluding hydrogens is 426 g/mol. The molecule has 0 bridgehead atoms. The fourth-order valence-electron chi connectivity index (χ4n) is 6.08. The zero-order chi connectivity index (χ0) is 23.4. The summed E-state index contributed by atoms with van der Waals surface area (Å²) in [6.45, 7) is 6.93. The van der Waals surface area contributed by atoms with Crippen LogP contribution in [-0.2, 0) is 4.74 Å². The third kappa shape index (κ3) is 3.30. The van der Waals surface area contributed by atoms with Crippen LogP contribution in [0.1, 0.15) is 25.5 Å². The number of hydrogen-bond acceptors (Lipinski definition) is 7. The Kier molecular flexibility index (Phi) is 5.12. The summed E-state index contributed by atoms with van der Waals surface area (Å²) in [6.07, 6.45) is 8.61. The third-order valence-corrected chi connectivity index (χ3v) is 7.87. The molecule has 5 heterocycles. The van der Waals surface area contributed by atoms with Crippen LogP contribution in [0.4, 0.5) is 5.69 Å². The van der Waals surface area contributed by atoms with E-state index in [1.165, 1.54) is 22.5 Å². The second-order valence-electron chi connectivity index (χ2n) is 9.80. The molecule has 1 aliphatic carbocycles. The number of nitrogens with two attached hydrogens (primary N) is 1. The van der Waals surface area contributed by atoms with E-state index in [0.29, 0.717) is 11.7 Å². The number of hydrogen-bond donors (Lipinski definition) is 1. The van der Waals surface area contributed by atoms with Crippen molar-refractivity contribution in [1.29, 1.82) is 5.26 Å². The van der Waals surface area contributed by atoms with E-state index in [1.807, 2.05) is 12.1 Å². The molecule has 8 nitrogen and oxygen atoms in total. The Morgan fingerprint density at radius 2 is 2.06 bits per heavy atom. The molecule has 34 heavy (non-hydrogen) atoms. The molecule has 2 N–H and O–H groups in total. The zero-order valence-electron chi connectivity index (χ0n) is 19.8. The molecule has 2 fully saturated rings. The van der Waals surface area contributed by atoms with Crippen LogP contribution in [-0.4, -0.2) is 77.4 Å². The van der Waals surface area contributed by atoms with E-state index in [1.54, 1.807) is 17.8 Å². The van der Waals surface area contributed by atoms with Gasteiger partial charge in [-0.25, -0.2) is 4.52 Å². The van der Waals surface area contributed by atoms with Gasteiger partial charge in [0.2, 0.25) is 0 Å². The maximum absolute atomic E-state index is 9.44. The van der Waals surface area contributed by atoms with Crippen LogP contribution in [0.5, 0.6) is 0 Å². The summed E-state index contributed by atoms with van der Waals surface area (Å²) in [5, 5.41) is 13.8. The maximum Gasteiger partial charge on any atom is 0.142 e. The topological polar surface area (TPSA) is 86.1 Å². The summed E-state index contributed by atoms with van der Waals surface area (Å²) in [5.74, 6) is 0. The molecule has 2 aromatic rings. The lowest BCUT2D eigenvalue weighted by Crippen LogP contribution is -2.51. The van der Waals surface area contributed by atoms with Gasteiger partial charge in [-0.1, -0.05) is 6.08 Å². The predicted molar refractivity (Wildman–Crippen MR) is 131 cm³/mol. The van der Waals surface area contributed by atoms with Crippen LogP contribution in [0.15, 0.2) is 59.1 Å². The van der Waals surface area contributed by atoms with Crippen molar-refractivity contribution < 1.29 is 4.74 Å². The van der Waals surface area contributed by atoms with Crippen molar-refractivity contribution >= 4 is 11.2 Å². The lowest BCUT2D eigenvalue weighted by molar-refractivity contribution is 0.0343. The minimum Gasteiger partial charge on any atom is -0.380 e. The summed E-state index contributed by atoms with van der Waals surface area (Å²) in [4.78, 5) is 7.45. The van der Waals surface area contributed by atoms with E-state index < -0.39 is 0 Å². The maximum atomic E-state index is 9.44. The molecule has 0 saturated carbocycles.